The Labute approximate surface area is 156 Å². The van der Waals surface area contributed by atoms with E-state index in [1.54, 1.807) is 13.8 Å². The molecular formula is C21H43NO3. The molecule has 2 atom stereocenters. The molecule has 0 radical (unpaired) electrons. The van der Waals surface area contributed by atoms with Crippen molar-refractivity contribution in [1.29, 1.82) is 0 Å². The summed E-state index contributed by atoms with van der Waals surface area (Å²) in [5.74, 6) is -0.0565. The van der Waals surface area contributed by atoms with Gasteiger partial charge in [-0.05, 0) is 20.3 Å². The predicted molar refractivity (Wildman–Crippen MR) is 105 cm³/mol. The number of hydrogen-bond acceptors (Lipinski definition) is 3. The number of aliphatic hydroxyl groups excluding tert-OH is 2. The Balaban J connectivity index is 3.46. The lowest BCUT2D eigenvalue weighted by Crippen LogP contribution is -2.42. The van der Waals surface area contributed by atoms with Crippen molar-refractivity contribution in [3.05, 3.63) is 0 Å². The average molecular weight is 358 g/mol. The van der Waals surface area contributed by atoms with E-state index in [9.17, 15) is 15.0 Å². The molecule has 4 heteroatoms. The molecule has 0 spiro atoms. The van der Waals surface area contributed by atoms with Crippen LogP contribution in [0.15, 0.2) is 0 Å². The maximum absolute atomic E-state index is 12.1. The van der Waals surface area contributed by atoms with Gasteiger partial charge in [0, 0.05) is 13.0 Å². The molecule has 0 saturated heterocycles. The van der Waals surface area contributed by atoms with Gasteiger partial charge in [-0.15, -0.1) is 0 Å². The Kier molecular flexibility index (Phi) is 16.4. The third kappa shape index (κ3) is 15.4. The molecule has 4 nitrogen and oxygen atoms in total. The molecule has 0 fully saturated rings. The second-order valence-corrected chi connectivity index (χ2v) is 7.52. The summed E-state index contributed by atoms with van der Waals surface area (Å²) in [6.07, 6.45) is 15.8. The van der Waals surface area contributed by atoms with E-state index >= 15 is 0 Å². The van der Waals surface area contributed by atoms with Gasteiger partial charge in [-0.1, -0.05) is 84.0 Å². The van der Waals surface area contributed by atoms with Gasteiger partial charge < -0.3 is 15.1 Å². The monoisotopic (exact) mass is 357 g/mol. The van der Waals surface area contributed by atoms with Crippen LogP contribution >= 0.6 is 0 Å². The normalized spacial score (nSPS) is 13.6. The van der Waals surface area contributed by atoms with Crippen molar-refractivity contribution >= 4 is 5.91 Å². The molecule has 2 N–H and O–H groups in total. The Morgan fingerprint density at radius 2 is 1.16 bits per heavy atom. The SMILES string of the molecule is CCCCCCCCCCCCCCCC(=O)N(CC(C)O)C(C)O. The van der Waals surface area contributed by atoms with Crippen LogP contribution in [0, 0.1) is 0 Å². The topological polar surface area (TPSA) is 60.8 Å². The molecule has 0 aromatic carbocycles. The summed E-state index contributed by atoms with van der Waals surface area (Å²) in [6, 6.07) is 0. The van der Waals surface area contributed by atoms with E-state index in [2.05, 4.69) is 6.92 Å². The van der Waals surface area contributed by atoms with Crippen molar-refractivity contribution in [3.8, 4) is 0 Å². The molecule has 0 aliphatic carbocycles. The zero-order chi connectivity index (χ0) is 18.9. The summed E-state index contributed by atoms with van der Waals surface area (Å²) in [7, 11) is 0. The minimum Gasteiger partial charge on any atom is -0.392 e. The molecule has 0 saturated carbocycles. The van der Waals surface area contributed by atoms with E-state index < -0.39 is 12.3 Å². The molecule has 0 heterocycles. The van der Waals surface area contributed by atoms with Gasteiger partial charge in [-0.2, -0.15) is 0 Å². The summed E-state index contributed by atoms with van der Waals surface area (Å²) in [6.45, 7) is 5.67. The first-order chi connectivity index (χ1) is 12.0. The lowest BCUT2D eigenvalue weighted by Gasteiger charge is -2.26. The van der Waals surface area contributed by atoms with E-state index in [4.69, 9.17) is 0 Å². The molecule has 0 bridgehead atoms. The van der Waals surface area contributed by atoms with Crippen molar-refractivity contribution < 1.29 is 15.0 Å². The molecule has 1 amide bonds. The molecular weight excluding hydrogens is 314 g/mol. The van der Waals surface area contributed by atoms with E-state index in [0.717, 1.165) is 12.8 Å². The van der Waals surface area contributed by atoms with Crippen molar-refractivity contribution in [2.75, 3.05) is 6.54 Å². The zero-order valence-electron chi connectivity index (χ0n) is 17.0. The third-order valence-corrected chi connectivity index (χ3v) is 4.73. The fourth-order valence-corrected chi connectivity index (χ4v) is 3.19. The lowest BCUT2D eigenvalue weighted by atomic mass is 10.0. The first-order valence-corrected chi connectivity index (χ1v) is 10.6. The quantitative estimate of drug-likeness (QED) is 0.284. The number of nitrogens with zero attached hydrogens (tertiary/aromatic N) is 1. The van der Waals surface area contributed by atoms with Gasteiger partial charge in [0.25, 0.3) is 0 Å². The summed E-state index contributed by atoms with van der Waals surface area (Å²) in [4.78, 5) is 13.4. The van der Waals surface area contributed by atoms with Gasteiger partial charge in [0.15, 0.2) is 0 Å². The highest BCUT2D eigenvalue weighted by atomic mass is 16.3. The van der Waals surface area contributed by atoms with Gasteiger partial charge in [0.05, 0.1) is 6.10 Å². The smallest absolute Gasteiger partial charge is 0.224 e. The highest BCUT2D eigenvalue weighted by Crippen LogP contribution is 2.13. The van der Waals surface area contributed by atoms with Gasteiger partial charge in [-0.25, -0.2) is 0 Å². The highest BCUT2D eigenvalue weighted by molar-refractivity contribution is 5.76. The minimum atomic E-state index is -0.830. The summed E-state index contributed by atoms with van der Waals surface area (Å²) in [5.41, 5.74) is 0. The predicted octanol–water partition coefficient (Wildman–Crippen LogP) is 5.02. The Morgan fingerprint density at radius 3 is 1.52 bits per heavy atom. The number of carbonyl (C=O) groups excluding carboxylic acids is 1. The minimum absolute atomic E-state index is 0.0565. The number of amides is 1. The number of carbonyl (C=O) groups is 1. The van der Waals surface area contributed by atoms with Crippen LogP contribution in [-0.2, 0) is 4.79 Å². The molecule has 0 aliphatic rings. The second kappa shape index (κ2) is 16.8. The second-order valence-electron chi connectivity index (χ2n) is 7.52. The standard InChI is InChI=1S/C21H43NO3/c1-4-5-6-7-8-9-10-11-12-13-14-15-16-17-21(25)22(20(3)24)18-19(2)23/h19-20,23-24H,4-18H2,1-3H3. The Morgan fingerprint density at radius 1 is 0.760 bits per heavy atom. The van der Waals surface area contributed by atoms with Crippen LogP contribution in [0.4, 0.5) is 0 Å². The van der Waals surface area contributed by atoms with Crippen molar-refractivity contribution in [1.82, 2.24) is 4.90 Å². The summed E-state index contributed by atoms with van der Waals surface area (Å²) >= 11 is 0. The van der Waals surface area contributed by atoms with Crippen molar-refractivity contribution in [3.63, 3.8) is 0 Å². The maximum atomic E-state index is 12.1. The van der Waals surface area contributed by atoms with Crippen LogP contribution < -0.4 is 0 Å². The lowest BCUT2D eigenvalue weighted by molar-refractivity contribution is -0.142. The van der Waals surface area contributed by atoms with Crippen LogP contribution in [0.25, 0.3) is 0 Å². The van der Waals surface area contributed by atoms with Gasteiger partial charge in [0.2, 0.25) is 5.91 Å². The molecule has 0 aromatic rings. The maximum Gasteiger partial charge on any atom is 0.224 e. The van der Waals surface area contributed by atoms with E-state index in [0.29, 0.717) is 6.42 Å². The molecule has 0 rings (SSSR count). The van der Waals surface area contributed by atoms with E-state index in [1.807, 2.05) is 0 Å². The Hall–Kier alpha value is -0.610. The number of unbranched alkanes of at least 4 members (excludes halogenated alkanes) is 12. The Bertz CT molecular complexity index is 306. The van der Waals surface area contributed by atoms with E-state index in [-0.39, 0.29) is 12.5 Å². The van der Waals surface area contributed by atoms with Crippen LogP contribution in [0.3, 0.4) is 0 Å². The van der Waals surface area contributed by atoms with Crippen molar-refractivity contribution in [2.24, 2.45) is 0 Å². The molecule has 25 heavy (non-hydrogen) atoms. The van der Waals surface area contributed by atoms with Crippen molar-refractivity contribution in [2.45, 2.75) is 123 Å². The van der Waals surface area contributed by atoms with Gasteiger partial charge >= 0.3 is 0 Å². The fraction of sp³-hybridized carbons (Fsp3) is 0.952. The first-order valence-electron chi connectivity index (χ1n) is 10.6. The molecule has 150 valence electrons. The van der Waals surface area contributed by atoms with Gasteiger partial charge in [-0.3, -0.25) is 4.79 Å². The first kappa shape index (κ1) is 24.4. The third-order valence-electron chi connectivity index (χ3n) is 4.73. The van der Waals surface area contributed by atoms with Crippen LogP contribution in [-0.4, -0.2) is 39.9 Å². The van der Waals surface area contributed by atoms with E-state index in [1.165, 1.54) is 75.5 Å². The fourth-order valence-electron chi connectivity index (χ4n) is 3.19. The molecule has 0 aliphatic heterocycles. The largest absolute Gasteiger partial charge is 0.392 e. The zero-order valence-corrected chi connectivity index (χ0v) is 17.0. The molecule has 0 aromatic heterocycles. The highest BCUT2D eigenvalue weighted by Gasteiger charge is 2.19. The number of rotatable bonds is 17. The van der Waals surface area contributed by atoms with Crippen LogP contribution in [0.1, 0.15) is 111 Å². The molecule has 2 unspecified atom stereocenters. The average Bonchev–Trinajstić information content (AvgIpc) is 2.56. The van der Waals surface area contributed by atoms with Gasteiger partial charge in [0.1, 0.15) is 6.23 Å². The summed E-state index contributed by atoms with van der Waals surface area (Å²) in [5, 5.41) is 19.0. The van der Waals surface area contributed by atoms with Crippen LogP contribution in [0.2, 0.25) is 0 Å². The van der Waals surface area contributed by atoms with Crippen LogP contribution in [0.5, 0.6) is 0 Å². The summed E-state index contributed by atoms with van der Waals surface area (Å²) < 4.78 is 0. The number of aliphatic hydroxyl groups is 2. The number of hydrogen-bond donors (Lipinski definition) is 2.